The quantitative estimate of drug-likeness (QED) is 0.358. The Bertz CT molecular complexity index is 1140. The van der Waals surface area contributed by atoms with E-state index in [4.69, 9.17) is 4.74 Å². The third-order valence-electron chi connectivity index (χ3n) is 6.88. The summed E-state index contributed by atoms with van der Waals surface area (Å²) in [6.07, 6.45) is 1.14. The van der Waals surface area contributed by atoms with Crippen LogP contribution in [0.25, 0.3) is 11.1 Å². The summed E-state index contributed by atoms with van der Waals surface area (Å²) in [6.45, 7) is 19.8. The second-order valence-corrected chi connectivity index (χ2v) is 9.26. The minimum absolute atomic E-state index is 0.169. The second kappa shape index (κ2) is 9.77. The third-order valence-corrected chi connectivity index (χ3v) is 6.88. The number of hydrogen-bond acceptors (Lipinski definition) is 1. The van der Waals surface area contributed by atoms with Crippen LogP contribution in [0.4, 0.5) is 0 Å². The van der Waals surface area contributed by atoms with Crippen molar-refractivity contribution in [2.45, 2.75) is 74.8 Å². The Morgan fingerprint density at radius 1 is 0.656 bits per heavy atom. The number of hydrogen-bond donors (Lipinski definition) is 0. The molecule has 0 unspecified atom stereocenters. The van der Waals surface area contributed by atoms with Gasteiger partial charge in [-0.25, -0.2) is 0 Å². The first-order chi connectivity index (χ1) is 15.1. The highest BCUT2D eigenvalue weighted by molar-refractivity contribution is 6.00. The molecular formula is C31H38O. The minimum atomic E-state index is 0.169. The van der Waals surface area contributed by atoms with Crippen LogP contribution in [-0.4, -0.2) is 6.10 Å². The van der Waals surface area contributed by atoms with Crippen molar-refractivity contribution in [3.05, 3.63) is 98.6 Å². The molecule has 0 aliphatic rings. The monoisotopic (exact) mass is 426 g/mol. The minimum Gasteiger partial charge on any atom is -0.491 e. The number of rotatable bonds is 6. The van der Waals surface area contributed by atoms with E-state index in [1.54, 1.807) is 0 Å². The van der Waals surface area contributed by atoms with Crippen LogP contribution in [0.2, 0.25) is 0 Å². The fraction of sp³-hybridized carbons (Fsp3) is 0.355. The van der Waals surface area contributed by atoms with Gasteiger partial charge in [0.15, 0.2) is 0 Å². The maximum atomic E-state index is 5.92. The molecule has 0 fully saturated rings. The van der Waals surface area contributed by atoms with Crippen molar-refractivity contribution in [1.29, 1.82) is 0 Å². The number of benzene rings is 3. The van der Waals surface area contributed by atoms with Crippen molar-refractivity contribution in [2.24, 2.45) is 0 Å². The average Bonchev–Trinajstić information content (AvgIpc) is 2.76. The molecule has 3 aromatic rings. The molecule has 3 rings (SSSR count). The molecule has 1 nitrogen and oxygen atoms in total. The largest absolute Gasteiger partial charge is 0.491 e. The predicted molar refractivity (Wildman–Crippen MR) is 140 cm³/mol. The molecule has 0 aliphatic carbocycles. The van der Waals surface area contributed by atoms with E-state index in [0.717, 1.165) is 12.2 Å². The summed E-state index contributed by atoms with van der Waals surface area (Å²) < 4.78 is 5.92. The lowest BCUT2D eigenvalue weighted by Gasteiger charge is -2.22. The predicted octanol–water partition coefficient (Wildman–Crippen LogP) is 8.69. The molecule has 0 radical (unpaired) electrons. The molecule has 168 valence electrons. The fourth-order valence-electron chi connectivity index (χ4n) is 4.48. The van der Waals surface area contributed by atoms with Gasteiger partial charge in [-0.15, -0.1) is 0 Å². The van der Waals surface area contributed by atoms with E-state index in [0.29, 0.717) is 0 Å². The summed E-state index contributed by atoms with van der Waals surface area (Å²) in [4.78, 5) is 0. The van der Waals surface area contributed by atoms with E-state index < -0.39 is 0 Å². The summed E-state index contributed by atoms with van der Waals surface area (Å²) in [5.74, 6) is 0.917. The SMILES string of the molecule is CC/C(=C(/c1ccc(OC(C)C)cc1)c1ccc(C)c(C)c1C)c1ccc(C)c(C)c1C. The number of ether oxygens (including phenoxy) is 1. The molecule has 0 saturated heterocycles. The van der Waals surface area contributed by atoms with Crippen molar-refractivity contribution in [2.75, 3.05) is 0 Å². The first-order valence-corrected chi connectivity index (χ1v) is 11.8. The Morgan fingerprint density at radius 3 is 1.66 bits per heavy atom. The zero-order chi connectivity index (χ0) is 23.6. The van der Waals surface area contributed by atoms with Gasteiger partial charge in [0, 0.05) is 0 Å². The number of aryl methyl sites for hydroxylation is 2. The van der Waals surface area contributed by atoms with Crippen molar-refractivity contribution < 1.29 is 4.74 Å². The Balaban J connectivity index is 2.34. The van der Waals surface area contributed by atoms with Crippen LogP contribution in [0.3, 0.4) is 0 Å². The Labute approximate surface area is 195 Å². The lowest BCUT2D eigenvalue weighted by atomic mass is 9.82. The van der Waals surface area contributed by atoms with Gasteiger partial charge in [0.05, 0.1) is 6.10 Å². The van der Waals surface area contributed by atoms with Crippen LogP contribution < -0.4 is 4.74 Å². The molecule has 0 spiro atoms. The van der Waals surface area contributed by atoms with Gasteiger partial charge in [-0.2, -0.15) is 0 Å². The zero-order valence-corrected chi connectivity index (χ0v) is 21.3. The van der Waals surface area contributed by atoms with E-state index >= 15 is 0 Å². The van der Waals surface area contributed by atoms with Gasteiger partial charge < -0.3 is 4.74 Å². The molecule has 0 N–H and O–H groups in total. The molecule has 32 heavy (non-hydrogen) atoms. The molecule has 0 amide bonds. The summed E-state index contributed by atoms with van der Waals surface area (Å²) in [6, 6.07) is 17.8. The molecule has 1 heteroatoms. The van der Waals surface area contributed by atoms with Crippen LogP contribution in [-0.2, 0) is 0 Å². The average molecular weight is 427 g/mol. The first kappa shape index (κ1) is 23.9. The molecule has 0 heterocycles. The standard InChI is InChI=1S/C31H38O/c1-10-28(29-17-11-20(4)22(6)24(29)8)31(30-18-12-21(5)23(7)25(30)9)26-13-15-27(16-14-26)32-19(2)3/h11-19H,10H2,1-9H3/b31-28+. The van der Waals surface area contributed by atoms with Crippen molar-refractivity contribution in [1.82, 2.24) is 0 Å². The lowest BCUT2D eigenvalue weighted by Crippen LogP contribution is -2.05. The van der Waals surface area contributed by atoms with Crippen LogP contribution in [0.5, 0.6) is 5.75 Å². The molecule has 0 aromatic heterocycles. The smallest absolute Gasteiger partial charge is 0.119 e. The summed E-state index contributed by atoms with van der Waals surface area (Å²) in [5, 5.41) is 0. The maximum absolute atomic E-state index is 5.92. The van der Waals surface area contributed by atoms with Crippen LogP contribution in [0.1, 0.15) is 77.3 Å². The second-order valence-electron chi connectivity index (χ2n) is 9.26. The van der Waals surface area contributed by atoms with Gasteiger partial charge in [0.2, 0.25) is 0 Å². The van der Waals surface area contributed by atoms with E-state index in [-0.39, 0.29) is 6.10 Å². The molecule has 0 atom stereocenters. The van der Waals surface area contributed by atoms with Crippen LogP contribution >= 0.6 is 0 Å². The maximum Gasteiger partial charge on any atom is 0.119 e. The lowest BCUT2D eigenvalue weighted by molar-refractivity contribution is 0.242. The van der Waals surface area contributed by atoms with Gasteiger partial charge in [-0.05, 0) is 135 Å². The van der Waals surface area contributed by atoms with E-state index in [1.807, 2.05) is 0 Å². The highest BCUT2D eigenvalue weighted by Gasteiger charge is 2.18. The van der Waals surface area contributed by atoms with Gasteiger partial charge >= 0.3 is 0 Å². The first-order valence-electron chi connectivity index (χ1n) is 11.8. The molecular weight excluding hydrogens is 388 g/mol. The van der Waals surface area contributed by atoms with Gasteiger partial charge in [0.25, 0.3) is 0 Å². The molecule has 0 aliphatic heterocycles. The van der Waals surface area contributed by atoms with E-state index in [2.05, 4.69) is 111 Å². The summed E-state index contributed by atoms with van der Waals surface area (Å²) in [7, 11) is 0. The summed E-state index contributed by atoms with van der Waals surface area (Å²) >= 11 is 0. The molecule has 0 bridgehead atoms. The van der Waals surface area contributed by atoms with Crippen LogP contribution in [0, 0.1) is 41.5 Å². The Morgan fingerprint density at radius 2 is 1.16 bits per heavy atom. The van der Waals surface area contributed by atoms with E-state index in [1.165, 1.54) is 61.2 Å². The zero-order valence-electron chi connectivity index (χ0n) is 21.3. The normalized spacial score (nSPS) is 12.2. The van der Waals surface area contributed by atoms with Crippen molar-refractivity contribution in [3.63, 3.8) is 0 Å². The Kier molecular flexibility index (Phi) is 7.29. The summed E-state index contributed by atoms with van der Waals surface area (Å²) in [5.41, 5.74) is 14.8. The highest BCUT2D eigenvalue weighted by atomic mass is 16.5. The van der Waals surface area contributed by atoms with Crippen molar-refractivity contribution in [3.8, 4) is 5.75 Å². The van der Waals surface area contributed by atoms with Crippen molar-refractivity contribution >= 4 is 11.1 Å². The number of allylic oxidation sites excluding steroid dienone is 1. The molecule has 3 aromatic carbocycles. The van der Waals surface area contributed by atoms with Gasteiger partial charge in [0.1, 0.15) is 5.75 Å². The topological polar surface area (TPSA) is 9.23 Å². The van der Waals surface area contributed by atoms with Crippen LogP contribution in [0.15, 0.2) is 48.5 Å². The van der Waals surface area contributed by atoms with Gasteiger partial charge in [-0.3, -0.25) is 0 Å². The molecule has 0 saturated carbocycles. The third kappa shape index (κ3) is 4.67. The Hall–Kier alpha value is -2.80. The van der Waals surface area contributed by atoms with E-state index in [9.17, 15) is 0 Å². The fourth-order valence-corrected chi connectivity index (χ4v) is 4.48. The highest BCUT2D eigenvalue weighted by Crippen LogP contribution is 2.39. The van der Waals surface area contributed by atoms with Gasteiger partial charge in [-0.1, -0.05) is 43.3 Å².